The van der Waals surface area contributed by atoms with Gasteiger partial charge in [-0.25, -0.2) is 14.2 Å². The van der Waals surface area contributed by atoms with Crippen molar-refractivity contribution in [3.05, 3.63) is 77.3 Å². The molecule has 2 atom stereocenters. The van der Waals surface area contributed by atoms with Crippen LogP contribution in [-0.2, 0) is 19.0 Å². The number of rotatable bonds is 3. The van der Waals surface area contributed by atoms with Gasteiger partial charge in [0.15, 0.2) is 11.8 Å². The largest absolute Gasteiger partial charge is 0.490 e. The lowest BCUT2D eigenvalue weighted by Crippen LogP contribution is -2.45. The van der Waals surface area contributed by atoms with Crippen LogP contribution in [-0.4, -0.2) is 64.7 Å². The van der Waals surface area contributed by atoms with Gasteiger partial charge in [-0.3, -0.25) is 0 Å². The molecule has 1 fully saturated rings. The smallest absolute Gasteiger partial charge is 0.339 e. The number of benzene rings is 2. The highest BCUT2D eigenvalue weighted by atomic mass is 19.1. The first kappa shape index (κ1) is 34.6. The minimum absolute atomic E-state index is 0.179. The van der Waals surface area contributed by atoms with Gasteiger partial charge in [0.05, 0.1) is 47.8 Å². The Morgan fingerprint density at radius 1 is 1.08 bits per heavy atom. The van der Waals surface area contributed by atoms with Crippen molar-refractivity contribution in [1.29, 1.82) is 0 Å². The van der Waals surface area contributed by atoms with Gasteiger partial charge in [0.1, 0.15) is 17.4 Å². The van der Waals surface area contributed by atoms with Crippen molar-refractivity contribution in [2.75, 3.05) is 31.7 Å². The van der Waals surface area contributed by atoms with Crippen molar-refractivity contribution >= 4 is 17.4 Å². The van der Waals surface area contributed by atoms with Gasteiger partial charge < -0.3 is 23.8 Å². The number of anilines is 1. The first-order valence-electron chi connectivity index (χ1n) is 17.0. The van der Waals surface area contributed by atoms with E-state index < -0.39 is 17.7 Å². The third-order valence-corrected chi connectivity index (χ3v) is 9.31. The van der Waals surface area contributed by atoms with E-state index in [4.69, 9.17) is 29.0 Å². The van der Waals surface area contributed by atoms with E-state index in [9.17, 15) is 4.79 Å². The molecule has 5 heterocycles. The number of piperidine rings is 1. The third kappa shape index (κ3) is 7.21. The van der Waals surface area contributed by atoms with Crippen LogP contribution in [0.5, 0.6) is 5.75 Å². The summed E-state index contributed by atoms with van der Waals surface area (Å²) in [7, 11) is 1.37. The number of aromatic nitrogens is 3. The van der Waals surface area contributed by atoms with Crippen molar-refractivity contribution in [3.63, 3.8) is 0 Å². The minimum atomic E-state index is -1.03. The standard InChI is InChI=1S/C39H47FN4O5/c1-24-15-16-30-33(34(24)40)28-14-11-13-27(22-28)29-23-31-41-26(3)32(35(37(45)46-8)49-38(4,5)6)36(44(31)42-29)43-19-17-39(7,18-20-43)47-21-10-9-12-25(2)48-30/h9-11,13-16,22-23,25,35H,12,17-21H2,1-8H3/b10-9+/t25-,35-/m0/s1. The number of halogens is 1. The molecule has 6 bridgehead atoms. The molecule has 3 aliphatic rings. The fourth-order valence-electron chi connectivity index (χ4n) is 6.62. The maximum absolute atomic E-state index is 15.9. The summed E-state index contributed by atoms with van der Waals surface area (Å²) in [5.41, 5.74) is 3.98. The van der Waals surface area contributed by atoms with Crippen LogP contribution >= 0.6 is 0 Å². The predicted octanol–water partition coefficient (Wildman–Crippen LogP) is 7.95. The molecule has 3 aliphatic heterocycles. The van der Waals surface area contributed by atoms with Gasteiger partial charge in [-0.05, 0) is 84.6 Å². The SMILES string of the molecule is COC(=O)[C@@H](OC(C)(C)C)c1c(C)nc2cc3nn2c1N1CCC(C)(CC1)OC/C=C/C[C@H](C)Oc1ccc(C)c(F)c1-c1cccc-3c1. The van der Waals surface area contributed by atoms with Crippen LogP contribution in [0.4, 0.5) is 10.2 Å². The molecule has 0 radical (unpaired) electrons. The van der Waals surface area contributed by atoms with Crippen molar-refractivity contribution in [2.45, 2.75) is 91.1 Å². The Morgan fingerprint density at radius 3 is 2.53 bits per heavy atom. The first-order chi connectivity index (χ1) is 23.3. The summed E-state index contributed by atoms with van der Waals surface area (Å²) >= 11 is 0. The van der Waals surface area contributed by atoms with Gasteiger partial charge in [-0.2, -0.15) is 9.61 Å². The summed E-state index contributed by atoms with van der Waals surface area (Å²) in [6.07, 6.45) is 5.07. The second-order valence-corrected chi connectivity index (χ2v) is 14.4. The number of carbonyl (C=O) groups excluding carboxylic acids is 1. The number of nitrogens with zero attached hydrogens (tertiary/aromatic N) is 4. The maximum Gasteiger partial charge on any atom is 0.339 e. The lowest BCUT2D eigenvalue weighted by molar-refractivity contribution is -0.164. The highest BCUT2D eigenvalue weighted by Gasteiger charge is 2.38. The molecule has 2 aromatic heterocycles. The second-order valence-electron chi connectivity index (χ2n) is 14.4. The average Bonchev–Trinajstić information content (AvgIpc) is 3.48. The fourth-order valence-corrected chi connectivity index (χ4v) is 6.62. The molecule has 49 heavy (non-hydrogen) atoms. The molecule has 10 heteroatoms. The molecule has 1 saturated heterocycles. The van der Waals surface area contributed by atoms with Crippen molar-refractivity contribution in [3.8, 4) is 28.1 Å². The summed E-state index contributed by atoms with van der Waals surface area (Å²) in [5.74, 6) is 0.384. The van der Waals surface area contributed by atoms with Gasteiger partial charge in [-0.15, -0.1) is 0 Å². The lowest BCUT2D eigenvalue weighted by Gasteiger charge is -2.41. The number of hydrogen-bond acceptors (Lipinski definition) is 8. The summed E-state index contributed by atoms with van der Waals surface area (Å²) in [4.78, 5) is 20.6. The monoisotopic (exact) mass is 670 g/mol. The van der Waals surface area contributed by atoms with Crippen LogP contribution in [0.3, 0.4) is 0 Å². The molecule has 0 aliphatic carbocycles. The van der Waals surface area contributed by atoms with Crippen molar-refractivity contribution in [2.24, 2.45) is 0 Å². The number of fused-ring (bicyclic) bond motifs is 7. The van der Waals surface area contributed by atoms with E-state index in [-0.39, 0.29) is 17.5 Å². The fraction of sp³-hybridized carbons (Fsp3) is 0.462. The topological polar surface area (TPSA) is 87.4 Å². The van der Waals surface area contributed by atoms with Gasteiger partial charge in [0.25, 0.3) is 0 Å². The van der Waals surface area contributed by atoms with Crippen LogP contribution in [0.15, 0.2) is 54.6 Å². The predicted molar refractivity (Wildman–Crippen MR) is 189 cm³/mol. The van der Waals surface area contributed by atoms with Crippen LogP contribution in [0.1, 0.15) is 76.8 Å². The van der Waals surface area contributed by atoms with Gasteiger partial charge in [-0.1, -0.05) is 36.4 Å². The van der Waals surface area contributed by atoms with Crippen molar-refractivity contribution < 1.29 is 28.1 Å². The van der Waals surface area contributed by atoms with E-state index in [0.29, 0.717) is 71.2 Å². The summed E-state index contributed by atoms with van der Waals surface area (Å²) in [6, 6.07) is 13.2. The van der Waals surface area contributed by atoms with Crippen LogP contribution in [0.25, 0.3) is 28.0 Å². The van der Waals surface area contributed by atoms with Crippen molar-refractivity contribution in [1.82, 2.24) is 14.6 Å². The molecule has 0 N–H and O–H groups in total. The van der Waals surface area contributed by atoms with E-state index in [1.807, 2.05) is 77.1 Å². The third-order valence-electron chi connectivity index (χ3n) is 9.31. The zero-order valence-corrected chi connectivity index (χ0v) is 29.8. The molecule has 9 nitrogen and oxygen atoms in total. The van der Waals surface area contributed by atoms with Crippen LogP contribution in [0.2, 0.25) is 0 Å². The summed E-state index contributed by atoms with van der Waals surface area (Å²) in [5, 5.41) is 5.10. The molecule has 0 amide bonds. The number of methoxy groups -OCH3 is 1. The Balaban J connectivity index is 1.57. The molecule has 260 valence electrons. The maximum atomic E-state index is 15.9. The molecule has 2 aromatic carbocycles. The Hall–Kier alpha value is -4.28. The lowest BCUT2D eigenvalue weighted by atomic mass is 9.92. The molecular weight excluding hydrogens is 623 g/mol. The molecule has 4 aromatic rings. The Bertz CT molecular complexity index is 1890. The molecule has 0 spiro atoms. The molecule has 7 rings (SSSR count). The van der Waals surface area contributed by atoms with Crippen LogP contribution < -0.4 is 9.64 Å². The van der Waals surface area contributed by atoms with Gasteiger partial charge >= 0.3 is 5.97 Å². The first-order valence-corrected chi connectivity index (χ1v) is 17.0. The number of hydrogen-bond donors (Lipinski definition) is 0. The number of aryl methyl sites for hydroxylation is 2. The molecule has 0 saturated carbocycles. The summed E-state index contributed by atoms with van der Waals surface area (Å²) < 4.78 is 42.2. The van der Waals surface area contributed by atoms with E-state index in [0.717, 1.165) is 24.2 Å². The molecule has 0 unspecified atom stereocenters. The van der Waals surface area contributed by atoms with Gasteiger partial charge in [0.2, 0.25) is 0 Å². The second kappa shape index (κ2) is 13.6. The highest BCUT2D eigenvalue weighted by Crippen LogP contribution is 2.40. The van der Waals surface area contributed by atoms with E-state index in [2.05, 4.69) is 17.9 Å². The van der Waals surface area contributed by atoms with E-state index in [1.54, 1.807) is 17.5 Å². The number of esters is 1. The normalized spacial score (nSPS) is 21.2. The Kier molecular flexibility index (Phi) is 9.57. The summed E-state index contributed by atoms with van der Waals surface area (Å²) in [6.45, 7) is 15.3. The zero-order valence-electron chi connectivity index (χ0n) is 29.8. The Labute approximate surface area is 288 Å². The Morgan fingerprint density at radius 2 is 1.82 bits per heavy atom. The number of carbonyl (C=O) groups is 1. The highest BCUT2D eigenvalue weighted by molar-refractivity contribution is 5.81. The quantitative estimate of drug-likeness (QED) is 0.160. The van der Waals surface area contributed by atoms with Crippen LogP contribution in [0, 0.1) is 19.7 Å². The van der Waals surface area contributed by atoms with E-state index in [1.165, 1.54) is 7.11 Å². The average molecular weight is 671 g/mol. The molecular formula is C39H47FN4O5. The minimum Gasteiger partial charge on any atom is -0.490 e. The van der Waals surface area contributed by atoms with E-state index >= 15 is 4.39 Å². The number of ether oxygens (including phenoxy) is 4. The van der Waals surface area contributed by atoms with Gasteiger partial charge in [0, 0.05) is 36.8 Å². The zero-order chi connectivity index (χ0) is 35.1.